The Balaban J connectivity index is 2.13. The molecule has 1 heterocycles. The molecule has 1 aromatic rings. The van der Waals surface area contributed by atoms with Crippen LogP contribution in [-0.4, -0.2) is 11.1 Å². The highest BCUT2D eigenvalue weighted by Crippen LogP contribution is 2.42. The van der Waals surface area contributed by atoms with Gasteiger partial charge in [0.05, 0.1) is 0 Å². The molecule has 0 unspecified atom stereocenters. The number of rotatable bonds is 3. The maximum absolute atomic E-state index is 13.1. The van der Waals surface area contributed by atoms with Gasteiger partial charge in [0.1, 0.15) is 5.76 Å². The summed E-state index contributed by atoms with van der Waals surface area (Å²) in [4.78, 5) is 0. The van der Waals surface area contributed by atoms with Crippen LogP contribution >= 0.6 is 0 Å². The molecule has 0 bridgehead atoms. The van der Waals surface area contributed by atoms with Crippen molar-refractivity contribution < 1.29 is 13.3 Å². The number of nitrogen functional groups attached to an aromatic ring is 1. The van der Waals surface area contributed by atoms with Crippen LogP contribution in [0.2, 0.25) is 0 Å². The smallest absolute Gasteiger partial charge is 0.248 e. The van der Waals surface area contributed by atoms with Crippen molar-refractivity contribution >= 4 is 5.82 Å². The molecule has 2 N–H and O–H groups in total. The molecule has 0 aliphatic heterocycles. The molecule has 0 amide bonds. The van der Waals surface area contributed by atoms with Gasteiger partial charge in [0.25, 0.3) is 0 Å². The molecule has 3 nitrogen and oxygen atoms in total. The first-order valence-corrected chi connectivity index (χ1v) is 6.15. The fourth-order valence-electron chi connectivity index (χ4n) is 2.46. The predicted molar refractivity (Wildman–Crippen MR) is 61.1 cm³/mol. The minimum atomic E-state index is -2.51. The standard InChI is InChI=1S/C12H18F2N2O/c1-2-3-9-10(17-16-11(9)15)8-4-6-12(13,14)7-5-8/h8H,2-7H2,1H3,(H2,15,16). The number of hydrogen-bond acceptors (Lipinski definition) is 3. The maximum atomic E-state index is 13.1. The lowest BCUT2D eigenvalue weighted by atomic mass is 9.83. The van der Waals surface area contributed by atoms with Crippen molar-refractivity contribution in [3.8, 4) is 0 Å². The van der Waals surface area contributed by atoms with Crippen LogP contribution in [0.25, 0.3) is 0 Å². The Morgan fingerprint density at radius 3 is 2.65 bits per heavy atom. The number of nitrogens with two attached hydrogens (primary N) is 1. The molecule has 0 spiro atoms. The molecule has 1 aliphatic carbocycles. The van der Waals surface area contributed by atoms with Crippen molar-refractivity contribution in [1.29, 1.82) is 0 Å². The summed E-state index contributed by atoms with van der Waals surface area (Å²) in [6.07, 6.45) is 2.53. The summed E-state index contributed by atoms with van der Waals surface area (Å²) in [6, 6.07) is 0. The molecule has 1 aliphatic rings. The average molecular weight is 244 g/mol. The fraction of sp³-hybridized carbons (Fsp3) is 0.750. The highest BCUT2D eigenvalue weighted by Gasteiger charge is 2.37. The lowest BCUT2D eigenvalue weighted by Gasteiger charge is -2.27. The lowest BCUT2D eigenvalue weighted by Crippen LogP contribution is -2.23. The van der Waals surface area contributed by atoms with Crippen LogP contribution in [-0.2, 0) is 6.42 Å². The first kappa shape index (κ1) is 12.3. The van der Waals surface area contributed by atoms with E-state index in [1.54, 1.807) is 0 Å². The first-order chi connectivity index (χ1) is 8.03. The summed E-state index contributed by atoms with van der Waals surface area (Å²) in [6.45, 7) is 2.05. The second kappa shape index (κ2) is 4.63. The summed E-state index contributed by atoms with van der Waals surface area (Å²) in [7, 11) is 0. The number of hydrogen-bond donors (Lipinski definition) is 1. The zero-order valence-electron chi connectivity index (χ0n) is 10.0. The molecule has 5 heteroatoms. The van der Waals surface area contributed by atoms with E-state index in [2.05, 4.69) is 5.16 Å². The van der Waals surface area contributed by atoms with E-state index in [-0.39, 0.29) is 18.8 Å². The summed E-state index contributed by atoms with van der Waals surface area (Å²) in [5, 5.41) is 3.76. The maximum Gasteiger partial charge on any atom is 0.248 e. The summed E-state index contributed by atoms with van der Waals surface area (Å²) < 4.78 is 31.4. The SMILES string of the molecule is CCCc1c(N)noc1C1CCC(F)(F)CC1. The Morgan fingerprint density at radius 1 is 1.41 bits per heavy atom. The van der Waals surface area contributed by atoms with Gasteiger partial charge in [-0.1, -0.05) is 18.5 Å². The molecule has 17 heavy (non-hydrogen) atoms. The monoisotopic (exact) mass is 244 g/mol. The molecular weight excluding hydrogens is 226 g/mol. The highest BCUT2D eigenvalue weighted by atomic mass is 19.3. The molecule has 0 saturated heterocycles. The van der Waals surface area contributed by atoms with Gasteiger partial charge >= 0.3 is 0 Å². The Bertz CT molecular complexity index is 380. The van der Waals surface area contributed by atoms with E-state index >= 15 is 0 Å². The molecule has 0 atom stereocenters. The van der Waals surface area contributed by atoms with Crippen LogP contribution in [0.5, 0.6) is 0 Å². The lowest BCUT2D eigenvalue weighted by molar-refractivity contribution is -0.0399. The Hall–Kier alpha value is -1.13. The Labute approximate surface area is 99.3 Å². The zero-order chi connectivity index (χ0) is 12.5. The van der Waals surface area contributed by atoms with Crippen LogP contribution in [0.1, 0.15) is 56.3 Å². The van der Waals surface area contributed by atoms with E-state index in [0.29, 0.717) is 18.7 Å². The summed E-state index contributed by atoms with van der Waals surface area (Å²) in [5.74, 6) is -1.30. The van der Waals surface area contributed by atoms with Gasteiger partial charge in [-0.15, -0.1) is 0 Å². The Kier molecular flexibility index (Phi) is 3.35. The van der Waals surface area contributed by atoms with Gasteiger partial charge in [-0.05, 0) is 19.3 Å². The molecule has 0 aromatic carbocycles. The van der Waals surface area contributed by atoms with Gasteiger partial charge in [0.15, 0.2) is 5.82 Å². The van der Waals surface area contributed by atoms with Crippen LogP contribution < -0.4 is 5.73 Å². The number of aromatic nitrogens is 1. The molecular formula is C12H18F2N2O. The van der Waals surface area contributed by atoms with Crippen molar-refractivity contribution in [2.24, 2.45) is 0 Å². The van der Waals surface area contributed by atoms with Gasteiger partial charge in [0.2, 0.25) is 5.92 Å². The van der Waals surface area contributed by atoms with Crippen LogP contribution in [0.15, 0.2) is 4.52 Å². The molecule has 1 fully saturated rings. The zero-order valence-corrected chi connectivity index (χ0v) is 10.0. The van der Waals surface area contributed by atoms with Crippen LogP contribution in [0, 0.1) is 0 Å². The quantitative estimate of drug-likeness (QED) is 0.885. The van der Waals surface area contributed by atoms with Crippen molar-refractivity contribution in [2.75, 3.05) is 5.73 Å². The minimum absolute atomic E-state index is 0.0565. The van der Waals surface area contributed by atoms with E-state index < -0.39 is 5.92 Å². The molecule has 1 aromatic heterocycles. The number of nitrogens with zero attached hydrogens (tertiary/aromatic N) is 1. The second-order valence-corrected chi connectivity index (χ2v) is 4.79. The van der Waals surface area contributed by atoms with E-state index in [1.165, 1.54) is 0 Å². The van der Waals surface area contributed by atoms with Gasteiger partial charge < -0.3 is 10.3 Å². The van der Waals surface area contributed by atoms with E-state index in [9.17, 15) is 8.78 Å². The van der Waals surface area contributed by atoms with Crippen molar-refractivity contribution in [2.45, 2.75) is 57.3 Å². The van der Waals surface area contributed by atoms with Crippen molar-refractivity contribution in [1.82, 2.24) is 5.16 Å². The van der Waals surface area contributed by atoms with Crippen molar-refractivity contribution in [3.05, 3.63) is 11.3 Å². The number of alkyl halides is 2. The third-order valence-electron chi connectivity index (χ3n) is 3.44. The van der Waals surface area contributed by atoms with E-state index in [0.717, 1.165) is 24.2 Å². The summed E-state index contributed by atoms with van der Waals surface area (Å²) >= 11 is 0. The van der Waals surface area contributed by atoms with Crippen molar-refractivity contribution in [3.63, 3.8) is 0 Å². The van der Waals surface area contributed by atoms with E-state index in [1.807, 2.05) is 6.92 Å². The summed E-state index contributed by atoms with van der Waals surface area (Å²) in [5.41, 5.74) is 6.65. The normalized spacial score (nSPS) is 20.6. The predicted octanol–water partition coefficient (Wildman–Crippen LogP) is 3.50. The first-order valence-electron chi connectivity index (χ1n) is 6.15. The number of anilines is 1. The topological polar surface area (TPSA) is 52.0 Å². The van der Waals surface area contributed by atoms with Gasteiger partial charge in [-0.2, -0.15) is 0 Å². The highest BCUT2D eigenvalue weighted by molar-refractivity contribution is 5.41. The Morgan fingerprint density at radius 2 is 2.06 bits per heavy atom. The van der Waals surface area contributed by atoms with Gasteiger partial charge in [-0.3, -0.25) is 0 Å². The largest absolute Gasteiger partial charge is 0.381 e. The van der Waals surface area contributed by atoms with Crippen LogP contribution in [0.3, 0.4) is 0 Å². The fourth-order valence-corrected chi connectivity index (χ4v) is 2.46. The van der Waals surface area contributed by atoms with Gasteiger partial charge in [-0.25, -0.2) is 8.78 Å². The average Bonchev–Trinajstić information content (AvgIpc) is 2.62. The number of halogens is 2. The molecule has 1 saturated carbocycles. The van der Waals surface area contributed by atoms with Crippen LogP contribution in [0.4, 0.5) is 14.6 Å². The third kappa shape index (κ3) is 2.58. The third-order valence-corrected chi connectivity index (χ3v) is 3.44. The molecule has 2 rings (SSSR count). The second-order valence-electron chi connectivity index (χ2n) is 4.79. The molecule has 96 valence electrons. The van der Waals surface area contributed by atoms with E-state index in [4.69, 9.17) is 10.3 Å². The molecule has 0 radical (unpaired) electrons. The van der Waals surface area contributed by atoms with Gasteiger partial charge in [0, 0.05) is 24.3 Å². The minimum Gasteiger partial charge on any atom is -0.381 e.